The first kappa shape index (κ1) is 31.8. The highest BCUT2D eigenvalue weighted by Crippen LogP contribution is 2.29. The molecule has 0 saturated heterocycles. The SMILES string of the molecule is CCC(Sc1cccc(NC(=O)/C(=C/c2c[nH]c3ccccc23)NC(=O)c2ccccc2)c1)C(=O)Nc1ccc(NC(C)=O)cc1. The highest BCUT2D eigenvalue weighted by Gasteiger charge is 2.20. The van der Waals surface area contributed by atoms with Crippen LogP contribution < -0.4 is 21.3 Å². The lowest BCUT2D eigenvalue weighted by Gasteiger charge is -2.16. The van der Waals surface area contributed by atoms with Crippen molar-refractivity contribution in [3.05, 3.63) is 126 Å². The number of hydrogen-bond acceptors (Lipinski definition) is 5. The summed E-state index contributed by atoms with van der Waals surface area (Å²) in [6, 6.07) is 30.5. The van der Waals surface area contributed by atoms with E-state index in [4.69, 9.17) is 0 Å². The number of benzene rings is 4. The van der Waals surface area contributed by atoms with Crippen molar-refractivity contribution in [1.29, 1.82) is 0 Å². The van der Waals surface area contributed by atoms with Crippen molar-refractivity contribution in [3.63, 3.8) is 0 Å². The number of H-pyrrole nitrogens is 1. The summed E-state index contributed by atoms with van der Waals surface area (Å²) >= 11 is 1.38. The maximum Gasteiger partial charge on any atom is 0.272 e. The van der Waals surface area contributed by atoms with Crippen molar-refractivity contribution < 1.29 is 19.2 Å². The van der Waals surface area contributed by atoms with Gasteiger partial charge in [-0.25, -0.2) is 0 Å². The molecule has 10 heteroatoms. The second kappa shape index (κ2) is 14.9. The van der Waals surface area contributed by atoms with Crippen molar-refractivity contribution >= 4 is 69.4 Å². The van der Waals surface area contributed by atoms with Gasteiger partial charge in [-0.3, -0.25) is 19.2 Å². The van der Waals surface area contributed by atoms with Crippen LogP contribution in [0.2, 0.25) is 0 Å². The first-order valence-electron chi connectivity index (χ1n) is 14.7. The van der Waals surface area contributed by atoms with Gasteiger partial charge in [-0.1, -0.05) is 49.4 Å². The molecule has 5 aromatic rings. The summed E-state index contributed by atoms with van der Waals surface area (Å²) in [7, 11) is 0. The number of fused-ring (bicyclic) bond motifs is 1. The summed E-state index contributed by atoms with van der Waals surface area (Å²) in [5, 5.41) is 11.8. The average Bonchev–Trinajstić information content (AvgIpc) is 3.47. The Labute approximate surface area is 270 Å². The van der Waals surface area contributed by atoms with Gasteiger partial charge in [0.2, 0.25) is 11.8 Å². The minimum atomic E-state index is -0.496. The lowest BCUT2D eigenvalue weighted by atomic mass is 10.1. The van der Waals surface area contributed by atoms with Crippen LogP contribution in [0, 0.1) is 0 Å². The smallest absolute Gasteiger partial charge is 0.272 e. The van der Waals surface area contributed by atoms with Gasteiger partial charge in [-0.2, -0.15) is 0 Å². The van der Waals surface area contributed by atoms with Gasteiger partial charge in [0, 0.05) is 57.1 Å². The molecular formula is C36H33N5O4S. The quantitative estimate of drug-likeness (QED) is 0.0788. The molecule has 5 rings (SSSR count). The molecule has 232 valence electrons. The molecule has 9 nitrogen and oxygen atoms in total. The van der Waals surface area contributed by atoms with Gasteiger partial charge < -0.3 is 26.3 Å². The molecule has 5 N–H and O–H groups in total. The Morgan fingerprint density at radius 1 is 0.783 bits per heavy atom. The summed E-state index contributed by atoms with van der Waals surface area (Å²) in [5.41, 5.74) is 3.93. The fourth-order valence-electron chi connectivity index (χ4n) is 4.71. The molecule has 46 heavy (non-hydrogen) atoms. The van der Waals surface area contributed by atoms with Crippen LogP contribution in [0.15, 0.2) is 120 Å². The summed E-state index contributed by atoms with van der Waals surface area (Å²) < 4.78 is 0. The van der Waals surface area contributed by atoms with Gasteiger partial charge in [0.15, 0.2) is 0 Å². The number of anilines is 3. The predicted molar refractivity (Wildman–Crippen MR) is 185 cm³/mol. The van der Waals surface area contributed by atoms with Crippen LogP contribution in [0.1, 0.15) is 36.2 Å². The van der Waals surface area contributed by atoms with E-state index in [-0.39, 0.29) is 17.5 Å². The van der Waals surface area contributed by atoms with E-state index in [0.717, 1.165) is 21.4 Å². The van der Waals surface area contributed by atoms with E-state index in [0.29, 0.717) is 29.0 Å². The van der Waals surface area contributed by atoms with Gasteiger partial charge >= 0.3 is 0 Å². The number of rotatable bonds is 11. The molecule has 1 atom stereocenters. The largest absolute Gasteiger partial charge is 0.361 e. The molecule has 0 spiro atoms. The van der Waals surface area contributed by atoms with Gasteiger partial charge in [0.05, 0.1) is 5.25 Å². The average molecular weight is 632 g/mol. The first-order chi connectivity index (χ1) is 22.3. The first-order valence-corrected chi connectivity index (χ1v) is 15.6. The third-order valence-electron chi connectivity index (χ3n) is 6.96. The molecule has 1 unspecified atom stereocenters. The lowest BCUT2D eigenvalue weighted by molar-refractivity contribution is -0.116. The normalized spacial score (nSPS) is 11.8. The van der Waals surface area contributed by atoms with Crippen LogP contribution in [-0.4, -0.2) is 33.9 Å². The topological polar surface area (TPSA) is 132 Å². The van der Waals surface area contributed by atoms with Crippen molar-refractivity contribution in [2.24, 2.45) is 0 Å². The van der Waals surface area contributed by atoms with E-state index >= 15 is 0 Å². The maximum atomic E-state index is 13.6. The molecule has 4 aromatic carbocycles. The molecule has 1 aromatic heterocycles. The Kier molecular flexibility index (Phi) is 10.3. The monoisotopic (exact) mass is 631 g/mol. The van der Waals surface area contributed by atoms with Crippen LogP contribution in [-0.2, 0) is 14.4 Å². The van der Waals surface area contributed by atoms with Crippen molar-refractivity contribution in [2.45, 2.75) is 30.4 Å². The second-order valence-corrected chi connectivity index (χ2v) is 11.7. The predicted octanol–water partition coefficient (Wildman–Crippen LogP) is 7.05. The van der Waals surface area contributed by atoms with Crippen LogP contribution >= 0.6 is 11.8 Å². The number of carbonyl (C=O) groups excluding carboxylic acids is 4. The molecule has 0 bridgehead atoms. The van der Waals surface area contributed by atoms with Crippen LogP contribution in [0.25, 0.3) is 17.0 Å². The number of amides is 4. The Balaban J connectivity index is 1.31. The van der Waals surface area contributed by atoms with Gasteiger partial charge in [0.25, 0.3) is 11.8 Å². The molecule has 0 radical (unpaired) electrons. The highest BCUT2D eigenvalue weighted by atomic mass is 32.2. The fourth-order valence-corrected chi connectivity index (χ4v) is 5.72. The minimum absolute atomic E-state index is 0.0759. The lowest BCUT2D eigenvalue weighted by Crippen LogP contribution is -2.30. The number of thioether (sulfide) groups is 1. The van der Waals surface area contributed by atoms with E-state index in [1.54, 1.807) is 79.0 Å². The van der Waals surface area contributed by atoms with Gasteiger partial charge in [-0.15, -0.1) is 11.8 Å². The van der Waals surface area contributed by atoms with Crippen LogP contribution in [0.5, 0.6) is 0 Å². The minimum Gasteiger partial charge on any atom is -0.361 e. The zero-order valence-electron chi connectivity index (χ0n) is 25.3. The van der Waals surface area contributed by atoms with E-state index in [1.807, 2.05) is 43.3 Å². The second-order valence-electron chi connectivity index (χ2n) is 10.4. The summed E-state index contributed by atoms with van der Waals surface area (Å²) in [6.45, 7) is 3.36. The number of aromatic amines is 1. The third kappa shape index (κ3) is 8.30. The van der Waals surface area contributed by atoms with Gasteiger partial charge in [0.1, 0.15) is 5.70 Å². The maximum absolute atomic E-state index is 13.6. The van der Waals surface area contributed by atoms with E-state index in [1.165, 1.54) is 18.7 Å². The molecule has 1 heterocycles. The summed E-state index contributed by atoms with van der Waals surface area (Å²) in [6.07, 6.45) is 4.01. The highest BCUT2D eigenvalue weighted by molar-refractivity contribution is 8.00. The molecule has 0 aliphatic rings. The molecule has 0 aliphatic carbocycles. The van der Waals surface area contributed by atoms with E-state index in [9.17, 15) is 19.2 Å². The Bertz CT molecular complexity index is 1900. The molecular weight excluding hydrogens is 598 g/mol. The fraction of sp³-hybridized carbons (Fsp3) is 0.111. The van der Waals surface area contributed by atoms with Gasteiger partial charge in [-0.05, 0) is 73.2 Å². The van der Waals surface area contributed by atoms with Crippen LogP contribution in [0.4, 0.5) is 17.1 Å². The zero-order valence-corrected chi connectivity index (χ0v) is 26.1. The Morgan fingerprint density at radius 3 is 2.20 bits per heavy atom. The zero-order chi connectivity index (χ0) is 32.5. The molecule has 0 aliphatic heterocycles. The number of nitrogens with one attached hydrogen (secondary N) is 5. The number of para-hydroxylation sites is 1. The molecule has 0 saturated carbocycles. The standard InChI is InChI=1S/C36H33N5O4S/c1-3-33(36(45)39-27-18-16-26(17-19-27)38-23(2)42)46-29-13-9-12-28(21-29)40-35(44)32(41-34(43)24-10-5-4-6-11-24)20-25-22-37-31-15-8-7-14-30(25)31/h4-22,33,37H,3H2,1-2H3,(H,38,42)(H,39,45)(H,40,44)(H,41,43)/b32-20-. The number of aromatic nitrogens is 1. The molecule has 0 fully saturated rings. The summed E-state index contributed by atoms with van der Waals surface area (Å²) in [4.78, 5) is 55.1. The number of carbonyl (C=O) groups is 4. The molecule has 4 amide bonds. The van der Waals surface area contributed by atoms with Crippen molar-refractivity contribution in [3.8, 4) is 0 Å². The van der Waals surface area contributed by atoms with Crippen LogP contribution in [0.3, 0.4) is 0 Å². The summed E-state index contributed by atoms with van der Waals surface area (Å²) in [5.74, 6) is -1.24. The van der Waals surface area contributed by atoms with E-state index in [2.05, 4.69) is 26.3 Å². The van der Waals surface area contributed by atoms with E-state index < -0.39 is 17.1 Å². The third-order valence-corrected chi connectivity index (χ3v) is 8.31. The van der Waals surface area contributed by atoms with Crippen molar-refractivity contribution in [2.75, 3.05) is 16.0 Å². The Morgan fingerprint density at radius 2 is 1.48 bits per heavy atom. The number of hydrogen-bond donors (Lipinski definition) is 5. The van der Waals surface area contributed by atoms with Crippen molar-refractivity contribution in [1.82, 2.24) is 10.3 Å². The Hall–Kier alpha value is -5.61.